The minimum absolute atomic E-state index is 0.115. The quantitative estimate of drug-likeness (QED) is 0.520. The van der Waals surface area contributed by atoms with Gasteiger partial charge in [-0.3, -0.25) is 14.8 Å². The van der Waals surface area contributed by atoms with Crippen LogP contribution in [0.15, 0.2) is 24.4 Å². The van der Waals surface area contributed by atoms with Crippen molar-refractivity contribution in [3.8, 4) is 0 Å². The molecule has 8 heteroatoms. The minimum Gasteiger partial charge on any atom is -0.359 e. The molecule has 0 bridgehead atoms. The van der Waals surface area contributed by atoms with E-state index in [2.05, 4.69) is 15.4 Å². The maximum atomic E-state index is 10.8. The molecule has 94 valence electrons. The van der Waals surface area contributed by atoms with Crippen LogP contribution in [0.2, 0.25) is 5.15 Å². The molecule has 0 aliphatic heterocycles. The van der Waals surface area contributed by atoms with Gasteiger partial charge in [-0.2, -0.15) is 5.10 Å². The number of nitro groups is 1. The summed E-state index contributed by atoms with van der Waals surface area (Å²) in [6.07, 6.45) is 1.79. The second-order valence-corrected chi connectivity index (χ2v) is 3.98. The first-order valence-electron chi connectivity index (χ1n) is 5.09. The molecule has 0 atom stereocenters. The average molecular weight is 268 g/mol. The second kappa shape index (κ2) is 5.01. The third-order valence-electron chi connectivity index (χ3n) is 2.24. The lowest BCUT2D eigenvalue weighted by Crippen LogP contribution is -2.05. The molecule has 1 N–H and O–H groups in total. The number of rotatable bonds is 4. The van der Waals surface area contributed by atoms with Gasteiger partial charge in [-0.1, -0.05) is 11.6 Å². The van der Waals surface area contributed by atoms with Crippen molar-refractivity contribution in [2.24, 2.45) is 7.05 Å². The number of anilines is 1. The highest BCUT2D eigenvalue weighted by atomic mass is 35.5. The molecule has 0 amide bonds. The van der Waals surface area contributed by atoms with Crippen LogP contribution in [0.5, 0.6) is 0 Å². The van der Waals surface area contributed by atoms with Gasteiger partial charge in [0, 0.05) is 19.3 Å². The number of pyridine rings is 1. The molecule has 0 saturated carbocycles. The van der Waals surface area contributed by atoms with Gasteiger partial charge in [0.05, 0.1) is 17.2 Å². The van der Waals surface area contributed by atoms with Crippen LogP contribution < -0.4 is 5.32 Å². The first-order valence-corrected chi connectivity index (χ1v) is 5.47. The predicted molar refractivity (Wildman–Crippen MR) is 66.4 cm³/mol. The van der Waals surface area contributed by atoms with E-state index >= 15 is 0 Å². The number of aromatic nitrogens is 3. The van der Waals surface area contributed by atoms with Gasteiger partial charge in [-0.15, -0.1) is 0 Å². The van der Waals surface area contributed by atoms with Gasteiger partial charge in [-0.05, 0) is 12.1 Å². The Morgan fingerprint density at radius 2 is 2.28 bits per heavy atom. The molecule has 2 rings (SSSR count). The topological polar surface area (TPSA) is 85.9 Å². The van der Waals surface area contributed by atoms with E-state index < -0.39 is 4.92 Å². The van der Waals surface area contributed by atoms with Gasteiger partial charge >= 0.3 is 5.69 Å². The number of hydrogen-bond donors (Lipinski definition) is 1. The number of hydrogen-bond acceptors (Lipinski definition) is 5. The Morgan fingerprint density at radius 3 is 2.89 bits per heavy atom. The molecule has 0 fully saturated rings. The van der Waals surface area contributed by atoms with Gasteiger partial charge in [0.25, 0.3) is 0 Å². The van der Waals surface area contributed by atoms with E-state index in [1.54, 1.807) is 17.9 Å². The third kappa shape index (κ3) is 2.75. The average Bonchev–Trinajstić information content (AvgIpc) is 2.72. The highest BCUT2D eigenvalue weighted by molar-refractivity contribution is 6.29. The fourth-order valence-corrected chi connectivity index (χ4v) is 1.58. The molecule has 7 nitrogen and oxygen atoms in total. The van der Waals surface area contributed by atoms with Crippen LogP contribution in [0.1, 0.15) is 5.69 Å². The van der Waals surface area contributed by atoms with Crippen molar-refractivity contribution in [2.45, 2.75) is 6.54 Å². The number of nitrogens with one attached hydrogen (secondary N) is 1. The standard InChI is InChI=1S/C10H10ClN5O2/c1-15-5-4-7(14-15)6-12-10-8(16(17)18)2-3-9(11)13-10/h2-5H,6H2,1H3,(H,12,13). The first-order chi connectivity index (χ1) is 8.56. The maximum absolute atomic E-state index is 10.8. The smallest absolute Gasteiger partial charge is 0.311 e. The van der Waals surface area contributed by atoms with Gasteiger partial charge in [-0.25, -0.2) is 4.98 Å². The summed E-state index contributed by atoms with van der Waals surface area (Å²) in [5, 5.41) is 18.0. The molecule has 0 aliphatic carbocycles. The monoisotopic (exact) mass is 267 g/mol. The molecule has 2 heterocycles. The summed E-state index contributed by atoms with van der Waals surface area (Å²) in [6, 6.07) is 4.51. The maximum Gasteiger partial charge on any atom is 0.311 e. The molecule has 2 aromatic heterocycles. The molecule has 0 aliphatic rings. The largest absolute Gasteiger partial charge is 0.359 e. The van der Waals surface area contributed by atoms with Crippen molar-refractivity contribution >= 4 is 23.1 Å². The van der Waals surface area contributed by atoms with Crippen LogP contribution in [0.4, 0.5) is 11.5 Å². The fourth-order valence-electron chi connectivity index (χ4n) is 1.44. The molecule has 0 aromatic carbocycles. The van der Waals surface area contributed by atoms with E-state index in [0.717, 1.165) is 5.69 Å². The lowest BCUT2D eigenvalue weighted by molar-refractivity contribution is -0.384. The lowest BCUT2D eigenvalue weighted by Gasteiger charge is -2.04. The molecule has 0 unspecified atom stereocenters. The van der Waals surface area contributed by atoms with Crippen LogP contribution in [-0.4, -0.2) is 19.7 Å². The Kier molecular flexibility index (Phi) is 3.42. The van der Waals surface area contributed by atoms with Crippen molar-refractivity contribution < 1.29 is 4.92 Å². The summed E-state index contributed by atoms with van der Waals surface area (Å²) in [7, 11) is 1.80. The summed E-state index contributed by atoms with van der Waals surface area (Å²) in [5.41, 5.74) is 0.643. The number of aryl methyl sites for hydroxylation is 1. The molecule has 0 radical (unpaired) electrons. The summed E-state index contributed by atoms with van der Waals surface area (Å²) in [6.45, 7) is 0.342. The minimum atomic E-state index is -0.510. The van der Waals surface area contributed by atoms with Crippen LogP contribution in [-0.2, 0) is 13.6 Å². The van der Waals surface area contributed by atoms with Crippen LogP contribution in [0.3, 0.4) is 0 Å². The van der Waals surface area contributed by atoms with Crippen LogP contribution in [0, 0.1) is 10.1 Å². The zero-order chi connectivity index (χ0) is 13.1. The first kappa shape index (κ1) is 12.3. The van der Waals surface area contributed by atoms with E-state index in [0.29, 0.717) is 6.54 Å². The normalized spacial score (nSPS) is 10.3. The Labute approximate surface area is 108 Å². The number of nitrogens with zero attached hydrogens (tertiary/aromatic N) is 4. The predicted octanol–water partition coefficient (Wildman–Crippen LogP) is 1.99. The van der Waals surface area contributed by atoms with Crippen molar-refractivity contribution in [3.63, 3.8) is 0 Å². The molecule has 0 saturated heterocycles. The van der Waals surface area contributed by atoms with Crippen molar-refractivity contribution in [3.05, 3.63) is 45.4 Å². The fraction of sp³-hybridized carbons (Fsp3) is 0.200. The molecular weight excluding hydrogens is 258 g/mol. The van der Waals surface area contributed by atoms with Gasteiger partial charge in [0.1, 0.15) is 5.15 Å². The summed E-state index contributed by atoms with van der Waals surface area (Å²) >= 11 is 5.71. The number of halogens is 1. The third-order valence-corrected chi connectivity index (χ3v) is 2.45. The van der Waals surface area contributed by atoms with Gasteiger partial charge in [0.2, 0.25) is 5.82 Å². The van der Waals surface area contributed by atoms with Crippen LogP contribution in [0.25, 0.3) is 0 Å². The summed E-state index contributed by atoms with van der Waals surface area (Å²) < 4.78 is 1.65. The zero-order valence-corrected chi connectivity index (χ0v) is 10.3. The van der Waals surface area contributed by atoms with Crippen LogP contribution >= 0.6 is 11.6 Å². The van der Waals surface area contributed by atoms with Gasteiger partial charge < -0.3 is 5.32 Å². The van der Waals surface area contributed by atoms with E-state index in [1.165, 1.54) is 12.1 Å². The van der Waals surface area contributed by atoms with Crippen molar-refractivity contribution in [1.29, 1.82) is 0 Å². The Balaban J connectivity index is 2.17. The molecule has 18 heavy (non-hydrogen) atoms. The Bertz CT molecular complexity index is 583. The molecule has 2 aromatic rings. The Morgan fingerprint density at radius 1 is 1.50 bits per heavy atom. The zero-order valence-electron chi connectivity index (χ0n) is 9.50. The SMILES string of the molecule is Cn1ccc(CNc2nc(Cl)ccc2[N+](=O)[O-])n1. The summed E-state index contributed by atoms with van der Waals surface area (Å²) in [5.74, 6) is 0.137. The highest BCUT2D eigenvalue weighted by Gasteiger charge is 2.15. The molecule has 0 spiro atoms. The highest BCUT2D eigenvalue weighted by Crippen LogP contribution is 2.24. The van der Waals surface area contributed by atoms with Crippen molar-refractivity contribution in [2.75, 3.05) is 5.32 Å². The Hall–Kier alpha value is -2.15. The van der Waals surface area contributed by atoms with E-state index in [1.807, 2.05) is 6.07 Å². The van der Waals surface area contributed by atoms with E-state index in [4.69, 9.17) is 11.6 Å². The van der Waals surface area contributed by atoms with Crippen molar-refractivity contribution in [1.82, 2.24) is 14.8 Å². The van der Waals surface area contributed by atoms with E-state index in [9.17, 15) is 10.1 Å². The van der Waals surface area contributed by atoms with Gasteiger partial charge in [0.15, 0.2) is 0 Å². The summed E-state index contributed by atoms with van der Waals surface area (Å²) in [4.78, 5) is 14.2. The lowest BCUT2D eigenvalue weighted by atomic mass is 10.3. The van der Waals surface area contributed by atoms with E-state index in [-0.39, 0.29) is 16.7 Å². The molecular formula is C10H10ClN5O2. The second-order valence-electron chi connectivity index (χ2n) is 3.59.